The molecule has 1 aromatic rings. The molecule has 3 aliphatic rings. The number of thiazole rings is 1. The second-order valence-electron chi connectivity index (χ2n) is 6.54. The van der Waals surface area contributed by atoms with Crippen LogP contribution in [0, 0.1) is 5.92 Å². The number of aromatic nitrogens is 1. The third-order valence-corrected chi connectivity index (χ3v) is 6.69. The molecule has 3 heterocycles. The first-order chi connectivity index (χ1) is 11.9. The Labute approximate surface area is 150 Å². The number of aryl methyl sites for hydroxylation is 1. The van der Waals surface area contributed by atoms with E-state index in [-0.39, 0.29) is 11.7 Å². The summed E-state index contributed by atoms with van der Waals surface area (Å²) < 4.78 is 26.8. The molecule has 0 saturated carbocycles. The number of nitrogens with zero attached hydrogens (tertiary/aromatic N) is 3. The van der Waals surface area contributed by atoms with E-state index >= 15 is 0 Å². The van der Waals surface area contributed by atoms with Crippen molar-refractivity contribution in [3.8, 4) is 0 Å². The van der Waals surface area contributed by atoms with Gasteiger partial charge < -0.3 is 4.90 Å². The Kier molecular flexibility index (Phi) is 3.99. The van der Waals surface area contributed by atoms with Gasteiger partial charge in [0.15, 0.2) is 5.13 Å². The van der Waals surface area contributed by atoms with Crippen LogP contribution < -0.4 is 5.32 Å². The quantitative estimate of drug-likeness (QED) is 0.846. The molecular formula is C16H18N4O3S2. The zero-order valence-electron chi connectivity index (χ0n) is 13.7. The summed E-state index contributed by atoms with van der Waals surface area (Å²) in [6.07, 6.45) is 7.90. The lowest BCUT2D eigenvalue weighted by Gasteiger charge is -2.26. The van der Waals surface area contributed by atoms with Crippen LogP contribution in [-0.2, 0) is 27.7 Å². The van der Waals surface area contributed by atoms with Gasteiger partial charge in [-0.3, -0.25) is 10.1 Å². The number of sulfonamides is 1. The zero-order chi connectivity index (χ0) is 17.6. The molecule has 7 nitrogen and oxygen atoms in total. The molecule has 1 atom stereocenters. The van der Waals surface area contributed by atoms with E-state index < -0.39 is 10.0 Å². The van der Waals surface area contributed by atoms with Gasteiger partial charge in [0.2, 0.25) is 0 Å². The molecule has 0 saturated heterocycles. The van der Waals surface area contributed by atoms with Crippen LogP contribution in [0.25, 0.3) is 0 Å². The van der Waals surface area contributed by atoms with E-state index in [9.17, 15) is 13.2 Å². The first-order valence-corrected chi connectivity index (χ1v) is 10.6. The molecule has 0 radical (unpaired) electrons. The lowest BCUT2D eigenvalue weighted by Crippen LogP contribution is -2.37. The van der Waals surface area contributed by atoms with Crippen molar-refractivity contribution in [3.63, 3.8) is 0 Å². The highest BCUT2D eigenvalue weighted by Gasteiger charge is 2.26. The average Bonchev–Trinajstić information content (AvgIpc) is 2.94. The lowest BCUT2D eigenvalue weighted by atomic mass is 9.93. The Morgan fingerprint density at radius 3 is 3.08 bits per heavy atom. The van der Waals surface area contributed by atoms with Gasteiger partial charge in [0.05, 0.1) is 17.0 Å². The Morgan fingerprint density at radius 1 is 1.40 bits per heavy atom. The van der Waals surface area contributed by atoms with E-state index in [1.165, 1.54) is 4.88 Å². The number of carbonyl (C=O) groups is 1. The predicted octanol–water partition coefficient (Wildman–Crippen LogP) is 1.70. The molecule has 132 valence electrons. The van der Waals surface area contributed by atoms with E-state index in [4.69, 9.17) is 0 Å². The number of fused-ring (bicyclic) bond motifs is 2. The Morgan fingerprint density at radius 2 is 2.24 bits per heavy atom. The fourth-order valence-electron chi connectivity index (χ4n) is 3.10. The van der Waals surface area contributed by atoms with E-state index in [0.29, 0.717) is 29.0 Å². The van der Waals surface area contributed by atoms with Crippen molar-refractivity contribution in [2.75, 3.05) is 17.6 Å². The van der Waals surface area contributed by atoms with Crippen LogP contribution in [0.1, 0.15) is 23.9 Å². The third kappa shape index (κ3) is 3.38. The summed E-state index contributed by atoms with van der Waals surface area (Å²) in [4.78, 5) is 20.0. The van der Waals surface area contributed by atoms with Gasteiger partial charge in [-0.2, -0.15) is 0 Å². The van der Waals surface area contributed by atoms with Crippen molar-refractivity contribution in [3.05, 3.63) is 34.5 Å². The molecule has 1 unspecified atom stereocenters. The van der Waals surface area contributed by atoms with Crippen molar-refractivity contribution < 1.29 is 13.2 Å². The molecule has 4 rings (SSSR count). The summed E-state index contributed by atoms with van der Waals surface area (Å²) in [5.74, 6) is 0.714. The highest BCUT2D eigenvalue weighted by atomic mass is 32.2. The van der Waals surface area contributed by atoms with E-state index in [1.807, 2.05) is 0 Å². The molecule has 25 heavy (non-hydrogen) atoms. The number of amides is 1. The van der Waals surface area contributed by atoms with Crippen LogP contribution in [0.4, 0.5) is 5.13 Å². The van der Waals surface area contributed by atoms with Gasteiger partial charge in [0, 0.05) is 17.6 Å². The topological polar surface area (TPSA) is 91.7 Å². The van der Waals surface area contributed by atoms with Gasteiger partial charge in [-0.25, -0.2) is 13.4 Å². The summed E-state index contributed by atoms with van der Waals surface area (Å²) >= 11 is 1.54. The first kappa shape index (κ1) is 16.5. The van der Waals surface area contributed by atoms with E-state index in [1.54, 1.807) is 34.6 Å². The smallest absolute Gasteiger partial charge is 0.258 e. The number of hydrogen-bond donors (Lipinski definition) is 1. The standard InChI is InChI=1S/C16H18N4O3S2/c1-10-2-4-12-13(8-10)24-16(17-12)18-15(21)11-3-5-14-19-25(22,23)7-6-20(14)9-11/h3,5,9-10H,2,4,6-8H2,1H3,(H,17,18,21). The maximum absolute atomic E-state index is 12.5. The van der Waals surface area contributed by atoms with Crippen LogP contribution in [-0.4, -0.2) is 42.3 Å². The largest absolute Gasteiger partial charge is 0.330 e. The molecular weight excluding hydrogens is 360 g/mol. The number of nitrogens with one attached hydrogen (secondary N) is 1. The number of hydrogen-bond acceptors (Lipinski definition) is 6. The summed E-state index contributed by atoms with van der Waals surface area (Å²) in [5, 5.41) is 3.48. The summed E-state index contributed by atoms with van der Waals surface area (Å²) in [7, 11) is -3.39. The minimum atomic E-state index is -3.39. The first-order valence-electron chi connectivity index (χ1n) is 8.19. The molecule has 0 bridgehead atoms. The minimum Gasteiger partial charge on any atom is -0.330 e. The normalized spacial score (nSPS) is 24.0. The molecule has 2 aliphatic heterocycles. The molecule has 1 N–H and O–H groups in total. The Hall–Kier alpha value is -2.00. The Balaban J connectivity index is 1.50. The molecule has 0 aromatic carbocycles. The zero-order valence-corrected chi connectivity index (χ0v) is 15.4. The summed E-state index contributed by atoms with van der Waals surface area (Å²) in [6, 6.07) is 0. The fourth-order valence-corrected chi connectivity index (χ4v) is 5.23. The molecule has 9 heteroatoms. The molecule has 0 spiro atoms. The van der Waals surface area contributed by atoms with Gasteiger partial charge in [-0.1, -0.05) is 6.92 Å². The van der Waals surface area contributed by atoms with Crippen LogP contribution in [0.5, 0.6) is 0 Å². The van der Waals surface area contributed by atoms with Crippen LogP contribution in [0.3, 0.4) is 0 Å². The second kappa shape index (κ2) is 6.06. The minimum absolute atomic E-state index is 0.0485. The van der Waals surface area contributed by atoms with Crippen molar-refractivity contribution in [2.24, 2.45) is 10.3 Å². The third-order valence-electron chi connectivity index (χ3n) is 4.49. The van der Waals surface area contributed by atoms with Gasteiger partial charge in [-0.15, -0.1) is 15.7 Å². The predicted molar refractivity (Wildman–Crippen MR) is 97.1 cm³/mol. The second-order valence-corrected chi connectivity index (χ2v) is 9.38. The maximum atomic E-state index is 12.5. The molecule has 1 aliphatic carbocycles. The maximum Gasteiger partial charge on any atom is 0.258 e. The van der Waals surface area contributed by atoms with E-state index in [2.05, 4.69) is 21.6 Å². The van der Waals surface area contributed by atoms with Crippen molar-refractivity contribution in [2.45, 2.75) is 26.2 Å². The van der Waals surface area contributed by atoms with Crippen LogP contribution >= 0.6 is 11.3 Å². The van der Waals surface area contributed by atoms with Gasteiger partial charge in [0.25, 0.3) is 15.9 Å². The number of carbonyl (C=O) groups excluding carboxylic acids is 1. The lowest BCUT2D eigenvalue weighted by molar-refractivity contribution is -0.112. The molecule has 1 aromatic heterocycles. The van der Waals surface area contributed by atoms with Crippen molar-refractivity contribution in [1.82, 2.24) is 9.88 Å². The monoisotopic (exact) mass is 378 g/mol. The molecule has 0 fully saturated rings. The number of amidine groups is 1. The van der Waals surface area contributed by atoms with Crippen molar-refractivity contribution >= 4 is 38.2 Å². The summed E-state index contributed by atoms with van der Waals surface area (Å²) in [5.41, 5.74) is 1.56. The SMILES string of the molecule is CC1CCc2nc(NC(=O)C3=CN4CCS(=O)(=O)N=C4C=C3)sc2C1. The fraction of sp³-hybridized carbons (Fsp3) is 0.438. The highest BCUT2D eigenvalue weighted by Crippen LogP contribution is 2.32. The number of anilines is 1. The van der Waals surface area contributed by atoms with Crippen molar-refractivity contribution in [1.29, 1.82) is 0 Å². The van der Waals surface area contributed by atoms with Crippen LogP contribution in [0.15, 0.2) is 28.3 Å². The van der Waals surface area contributed by atoms with E-state index in [0.717, 1.165) is 25.0 Å². The Bertz CT molecular complexity index is 927. The van der Waals surface area contributed by atoms with Gasteiger partial charge >= 0.3 is 0 Å². The van der Waals surface area contributed by atoms with Gasteiger partial charge in [0.1, 0.15) is 5.84 Å². The molecule has 1 amide bonds. The average molecular weight is 378 g/mol. The summed E-state index contributed by atoms with van der Waals surface area (Å²) in [6.45, 7) is 2.53. The van der Waals surface area contributed by atoms with Gasteiger partial charge in [-0.05, 0) is 37.3 Å². The van der Waals surface area contributed by atoms with Crippen LogP contribution in [0.2, 0.25) is 0 Å². The number of rotatable bonds is 2. The highest BCUT2D eigenvalue weighted by molar-refractivity contribution is 7.90.